The van der Waals surface area contributed by atoms with Gasteiger partial charge in [0, 0.05) is 44.6 Å². The van der Waals surface area contributed by atoms with Gasteiger partial charge in [0.15, 0.2) is 0 Å². The van der Waals surface area contributed by atoms with Crippen molar-refractivity contribution in [3.05, 3.63) is 48.3 Å². The third kappa shape index (κ3) is 4.51. The highest BCUT2D eigenvalue weighted by Crippen LogP contribution is 2.28. The van der Waals surface area contributed by atoms with Gasteiger partial charge in [-0.15, -0.1) is 0 Å². The summed E-state index contributed by atoms with van der Waals surface area (Å²) in [6.45, 7) is 7.17. The number of methoxy groups -OCH3 is 1. The maximum Gasteiger partial charge on any atom is 0.255 e. The monoisotopic (exact) mass is 368 g/mol. The number of hydrogen-bond acceptors (Lipinski definition) is 5. The number of nitrogens with zero attached hydrogens (tertiary/aromatic N) is 3. The Hall–Kier alpha value is -2.76. The van der Waals surface area contributed by atoms with Crippen LogP contribution in [0.5, 0.6) is 5.75 Å². The van der Waals surface area contributed by atoms with Crippen LogP contribution in [0.3, 0.4) is 0 Å². The summed E-state index contributed by atoms with van der Waals surface area (Å²) in [7, 11) is 1.69. The number of anilines is 2. The van der Waals surface area contributed by atoms with E-state index in [2.05, 4.69) is 35.1 Å². The van der Waals surface area contributed by atoms with Crippen molar-refractivity contribution < 1.29 is 9.53 Å². The zero-order valence-corrected chi connectivity index (χ0v) is 16.3. The van der Waals surface area contributed by atoms with Gasteiger partial charge in [-0.05, 0) is 31.5 Å². The second-order valence-corrected chi connectivity index (χ2v) is 6.87. The molecule has 1 aromatic carbocycles. The number of carbonyl (C=O) groups is 1. The summed E-state index contributed by atoms with van der Waals surface area (Å²) in [6.07, 6.45) is 4.43. The van der Waals surface area contributed by atoms with Gasteiger partial charge in [-0.1, -0.05) is 19.1 Å². The second-order valence-electron chi connectivity index (χ2n) is 6.87. The van der Waals surface area contributed by atoms with E-state index in [4.69, 9.17) is 4.74 Å². The molecule has 1 saturated heterocycles. The first-order valence-corrected chi connectivity index (χ1v) is 9.51. The van der Waals surface area contributed by atoms with Crippen molar-refractivity contribution in [1.29, 1.82) is 0 Å². The SMILES string of the molecule is CCC(C)Nc1cncc(C(=O)N2CCN(c3ccccc3OC)CC2)c1. The Morgan fingerprint density at radius 2 is 1.96 bits per heavy atom. The molecule has 6 heteroatoms. The van der Waals surface area contributed by atoms with E-state index in [0.717, 1.165) is 36.6 Å². The van der Waals surface area contributed by atoms with Crippen LogP contribution in [-0.2, 0) is 0 Å². The summed E-state index contributed by atoms with van der Waals surface area (Å²) in [6, 6.07) is 10.3. The zero-order chi connectivity index (χ0) is 19.2. The van der Waals surface area contributed by atoms with Crippen molar-refractivity contribution in [2.75, 3.05) is 43.5 Å². The Balaban J connectivity index is 1.64. The lowest BCUT2D eigenvalue weighted by Gasteiger charge is -2.36. The molecule has 1 atom stereocenters. The molecule has 1 N–H and O–H groups in total. The highest BCUT2D eigenvalue weighted by atomic mass is 16.5. The van der Waals surface area contributed by atoms with E-state index in [-0.39, 0.29) is 5.91 Å². The van der Waals surface area contributed by atoms with E-state index in [1.165, 1.54) is 0 Å². The average Bonchev–Trinajstić information content (AvgIpc) is 2.73. The van der Waals surface area contributed by atoms with Gasteiger partial charge >= 0.3 is 0 Å². The summed E-state index contributed by atoms with van der Waals surface area (Å²) in [5.74, 6) is 0.903. The lowest BCUT2D eigenvalue weighted by Crippen LogP contribution is -2.48. The highest BCUT2D eigenvalue weighted by Gasteiger charge is 2.24. The van der Waals surface area contributed by atoms with Crippen LogP contribution in [0.4, 0.5) is 11.4 Å². The molecule has 0 saturated carbocycles. The van der Waals surface area contributed by atoms with E-state index in [9.17, 15) is 4.79 Å². The summed E-state index contributed by atoms with van der Waals surface area (Å²) in [5, 5.41) is 3.38. The molecule has 1 aliphatic heterocycles. The first kappa shape index (κ1) is 19.0. The van der Waals surface area contributed by atoms with Crippen LogP contribution in [0.1, 0.15) is 30.6 Å². The van der Waals surface area contributed by atoms with Crippen molar-refractivity contribution >= 4 is 17.3 Å². The average molecular weight is 368 g/mol. The highest BCUT2D eigenvalue weighted by molar-refractivity contribution is 5.95. The summed E-state index contributed by atoms with van der Waals surface area (Å²) in [5.41, 5.74) is 2.60. The van der Waals surface area contributed by atoms with E-state index in [1.54, 1.807) is 19.5 Å². The van der Waals surface area contributed by atoms with Crippen LogP contribution >= 0.6 is 0 Å². The third-order valence-electron chi connectivity index (χ3n) is 5.00. The summed E-state index contributed by atoms with van der Waals surface area (Å²) in [4.78, 5) is 21.3. The van der Waals surface area contributed by atoms with Crippen LogP contribution in [0, 0.1) is 0 Å². The molecule has 1 amide bonds. The van der Waals surface area contributed by atoms with E-state index < -0.39 is 0 Å². The first-order valence-electron chi connectivity index (χ1n) is 9.51. The first-order chi connectivity index (χ1) is 13.1. The van der Waals surface area contributed by atoms with Crippen LogP contribution in [-0.4, -0.2) is 55.1 Å². The zero-order valence-electron chi connectivity index (χ0n) is 16.3. The molecule has 1 fully saturated rings. The molecule has 2 aromatic rings. The normalized spacial score (nSPS) is 15.4. The number of rotatable bonds is 6. The van der Waals surface area contributed by atoms with Gasteiger partial charge in [0.1, 0.15) is 5.75 Å². The lowest BCUT2D eigenvalue weighted by atomic mass is 10.2. The van der Waals surface area contributed by atoms with Crippen molar-refractivity contribution in [2.24, 2.45) is 0 Å². The van der Waals surface area contributed by atoms with Crippen molar-refractivity contribution in [2.45, 2.75) is 26.3 Å². The molecule has 0 spiro atoms. The number of para-hydroxylation sites is 2. The minimum atomic E-state index is 0.0370. The Morgan fingerprint density at radius 1 is 1.22 bits per heavy atom. The van der Waals surface area contributed by atoms with Crippen LogP contribution < -0.4 is 15.0 Å². The predicted octanol–water partition coefficient (Wildman–Crippen LogP) is 3.26. The smallest absolute Gasteiger partial charge is 0.255 e. The number of ether oxygens (including phenoxy) is 1. The topological polar surface area (TPSA) is 57.7 Å². The van der Waals surface area contributed by atoms with E-state index in [0.29, 0.717) is 24.7 Å². The molecule has 0 radical (unpaired) electrons. The molecule has 3 rings (SSSR count). The molecular weight excluding hydrogens is 340 g/mol. The molecule has 0 bridgehead atoms. The van der Waals surface area contributed by atoms with Gasteiger partial charge in [-0.25, -0.2) is 0 Å². The van der Waals surface area contributed by atoms with Crippen molar-refractivity contribution in [1.82, 2.24) is 9.88 Å². The number of carbonyl (C=O) groups excluding carboxylic acids is 1. The number of piperazine rings is 1. The summed E-state index contributed by atoms with van der Waals surface area (Å²) < 4.78 is 5.46. The maximum absolute atomic E-state index is 12.9. The largest absolute Gasteiger partial charge is 0.495 e. The van der Waals surface area contributed by atoms with Crippen LogP contribution in [0.25, 0.3) is 0 Å². The Morgan fingerprint density at radius 3 is 2.67 bits per heavy atom. The fourth-order valence-electron chi connectivity index (χ4n) is 3.25. The third-order valence-corrected chi connectivity index (χ3v) is 5.00. The molecule has 1 aliphatic rings. The second kappa shape index (κ2) is 8.75. The van der Waals surface area contributed by atoms with Gasteiger partial charge in [-0.2, -0.15) is 0 Å². The number of pyridine rings is 1. The van der Waals surface area contributed by atoms with Gasteiger partial charge in [0.2, 0.25) is 0 Å². The summed E-state index contributed by atoms with van der Waals surface area (Å²) >= 11 is 0. The minimum absolute atomic E-state index is 0.0370. The van der Waals surface area contributed by atoms with Crippen molar-refractivity contribution in [3.8, 4) is 5.75 Å². The van der Waals surface area contributed by atoms with Gasteiger partial charge in [0.05, 0.1) is 24.0 Å². The standard InChI is InChI=1S/C21H28N4O2/c1-4-16(2)23-18-13-17(14-22-15-18)21(26)25-11-9-24(10-12-25)19-7-5-6-8-20(19)27-3/h5-8,13-16,23H,4,9-12H2,1-3H3. The molecule has 1 aromatic heterocycles. The number of amides is 1. The molecule has 144 valence electrons. The van der Waals surface area contributed by atoms with Crippen LogP contribution in [0.2, 0.25) is 0 Å². The number of benzene rings is 1. The lowest BCUT2D eigenvalue weighted by molar-refractivity contribution is 0.0746. The fraction of sp³-hybridized carbons (Fsp3) is 0.429. The van der Waals surface area contributed by atoms with Gasteiger partial charge < -0.3 is 19.9 Å². The number of aromatic nitrogens is 1. The van der Waals surface area contributed by atoms with Gasteiger partial charge in [0.25, 0.3) is 5.91 Å². The Labute approximate surface area is 161 Å². The molecular formula is C21H28N4O2. The number of hydrogen-bond donors (Lipinski definition) is 1. The Bertz CT molecular complexity index is 772. The molecule has 1 unspecified atom stereocenters. The maximum atomic E-state index is 12.9. The predicted molar refractivity (Wildman–Crippen MR) is 109 cm³/mol. The molecule has 2 heterocycles. The van der Waals surface area contributed by atoms with Gasteiger partial charge in [-0.3, -0.25) is 9.78 Å². The fourth-order valence-corrected chi connectivity index (χ4v) is 3.25. The quantitative estimate of drug-likeness (QED) is 0.848. The van der Waals surface area contributed by atoms with E-state index in [1.807, 2.05) is 29.2 Å². The Kier molecular flexibility index (Phi) is 6.16. The molecule has 6 nitrogen and oxygen atoms in total. The van der Waals surface area contributed by atoms with Crippen molar-refractivity contribution in [3.63, 3.8) is 0 Å². The minimum Gasteiger partial charge on any atom is -0.495 e. The van der Waals surface area contributed by atoms with E-state index >= 15 is 0 Å². The van der Waals surface area contributed by atoms with Crippen LogP contribution in [0.15, 0.2) is 42.7 Å². The number of nitrogens with one attached hydrogen (secondary N) is 1. The molecule has 0 aliphatic carbocycles. The molecule has 27 heavy (non-hydrogen) atoms.